The molecular weight excluding hydrogens is 424 g/mol. The van der Waals surface area contributed by atoms with Gasteiger partial charge in [0.2, 0.25) is 0 Å². The van der Waals surface area contributed by atoms with Crippen molar-refractivity contribution in [2.24, 2.45) is 46.3 Å². The van der Waals surface area contributed by atoms with Crippen molar-refractivity contribution in [3.63, 3.8) is 0 Å². The Morgan fingerprint density at radius 1 is 0.912 bits per heavy atom. The Kier molecular flexibility index (Phi) is 5.97. The van der Waals surface area contributed by atoms with Crippen LogP contribution in [0.3, 0.4) is 0 Å². The maximum absolute atomic E-state index is 11.6. The van der Waals surface area contributed by atoms with E-state index in [-0.39, 0.29) is 34.1 Å². The van der Waals surface area contributed by atoms with Crippen LogP contribution < -0.4 is 0 Å². The zero-order valence-corrected chi connectivity index (χ0v) is 22.5. The van der Waals surface area contributed by atoms with Crippen molar-refractivity contribution in [2.75, 3.05) is 0 Å². The molecule has 0 aromatic carbocycles. The first-order valence-electron chi connectivity index (χ1n) is 14.0. The fourth-order valence-corrected chi connectivity index (χ4v) is 9.42. The van der Waals surface area contributed by atoms with E-state index in [0.29, 0.717) is 35.5 Å². The van der Waals surface area contributed by atoms with Gasteiger partial charge in [0.1, 0.15) is 17.3 Å². The second-order valence-electron chi connectivity index (χ2n) is 13.5. The Hall–Kier alpha value is -1.05. The molecule has 0 amide bonds. The molecule has 0 aromatic rings. The van der Waals surface area contributed by atoms with Crippen LogP contribution in [0.2, 0.25) is 0 Å². The molecule has 10 atom stereocenters. The number of carbonyl (C=O) groups excluding carboxylic acids is 1. The van der Waals surface area contributed by atoms with E-state index in [1.54, 1.807) is 0 Å². The van der Waals surface area contributed by atoms with E-state index in [1.807, 2.05) is 0 Å². The second kappa shape index (κ2) is 8.24. The predicted octanol–water partition coefficient (Wildman–Crippen LogP) is 6.72. The molecule has 2 aliphatic heterocycles. The summed E-state index contributed by atoms with van der Waals surface area (Å²) in [7, 11) is 0. The van der Waals surface area contributed by atoms with Gasteiger partial charge in [-0.25, -0.2) is 9.78 Å². The van der Waals surface area contributed by atoms with E-state index >= 15 is 0 Å². The van der Waals surface area contributed by atoms with Crippen LogP contribution in [-0.2, 0) is 19.3 Å². The summed E-state index contributed by atoms with van der Waals surface area (Å²) in [5.41, 5.74) is -0.116. The van der Waals surface area contributed by atoms with E-state index in [0.717, 1.165) is 32.1 Å². The normalized spacial score (nSPS) is 48.7. The van der Waals surface area contributed by atoms with Crippen molar-refractivity contribution in [2.45, 2.75) is 124 Å². The molecule has 4 aliphatic carbocycles. The molecule has 6 rings (SSSR count). The van der Waals surface area contributed by atoms with Crippen molar-refractivity contribution >= 4 is 5.97 Å². The Labute approximate surface area is 207 Å². The summed E-state index contributed by atoms with van der Waals surface area (Å²) in [5, 5.41) is 0. The summed E-state index contributed by atoms with van der Waals surface area (Å²) in [6, 6.07) is 0. The largest absolute Gasteiger partial charge is 0.462 e. The Bertz CT molecular complexity index is 874. The Balaban J connectivity index is 1.40. The lowest BCUT2D eigenvalue weighted by Crippen LogP contribution is -2.75. The third-order valence-electron chi connectivity index (χ3n) is 11.7. The van der Waals surface area contributed by atoms with Crippen LogP contribution in [0.1, 0.15) is 106 Å². The molecule has 6 fully saturated rings. The minimum atomic E-state index is -0.310. The number of hydrogen-bond donors (Lipinski definition) is 0. The third-order valence-corrected chi connectivity index (χ3v) is 11.7. The van der Waals surface area contributed by atoms with Crippen LogP contribution in [0.4, 0.5) is 0 Å². The second-order valence-corrected chi connectivity index (χ2v) is 13.5. The van der Waals surface area contributed by atoms with Crippen LogP contribution >= 0.6 is 0 Å². The summed E-state index contributed by atoms with van der Waals surface area (Å²) >= 11 is 0. The molecule has 0 radical (unpaired) electrons. The average molecular weight is 471 g/mol. The van der Waals surface area contributed by atoms with Crippen molar-refractivity contribution in [1.82, 2.24) is 0 Å². The molecule has 4 saturated carbocycles. The zero-order chi connectivity index (χ0) is 24.5. The van der Waals surface area contributed by atoms with Crippen molar-refractivity contribution < 1.29 is 19.3 Å². The summed E-state index contributed by atoms with van der Waals surface area (Å²) in [5.74, 6) is 10.3. The van der Waals surface area contributed by atoms with Gasteiger partial charge in [0.15, 0.2) is 0 Å². The van der Waals surface area contributed by atoms with Crippen molar-refractivity contribution in [1.29, 1.82) is 0 Å². The first-order chi connectivity index (χ1) is 16.0. The average Bonchev–Trinajstić information content (AvgIpc) is 3.14. The monoisotopic (exact) mass is 470 g/mol. The lowest BCUT2D eigenvalue weighted by molar-refractivity contribution is -0.536. The summed E-state index contributed by atoms with van der Waals surface area (Å²) in [4.78, 5) is 24.7. The Morgan fingerprint density at radius 2 is 1.68 bits per heavy atom. The van der Waals surface area contributed by atoms with Crippen LogP contribution in [0.15, 0.2) is 0 Å². The standard InChI is InChI=1S/C30H46O4/c1-19(2)20(3)8-9-21(4)24-10-11-25-27(24,6)14-13-26-28(7)15-12-23(32-22(5)31)18-29(28)16-17-30(25,26)34-33-29/h19-21,23-26H,10-18H2,1-7H3/t20-,21+,23+,24+,25+,26-,27+,28+,29+,30-/m0/s1. The highest BCUT2D eigenvalue weighted by Gasteiger charge is 2.76. The SMILES string of the molecule is CC(=O)O[C@@H]1CC[C@]2(C)[C@@H]3CC[C@]4(C)[C@@H]([C@H](C)C#C[C@H](C)C(C)C)CC[C@H]4[C@@]34CC[C@]2(C1)OO4. The van der Waals surface area contributed by atoms with Gasteiger partial charge in [-0.2, -0.15) is 0 Å². The molecule has 2 spiro atoms. The van der Waals surface area contributed by atoms with Gasteiger partial charge in [-0.3, -0.25) is 4.79 Å². The first kappa shape index (κ1) is 24.6. The molecule has 2 saturated heterocycles. The van der Waals surface area contributed by atoms with Crippen LogP contribution in [-0.4, -0.2) is 23.3 Å². The molecule has 2 bridgehead atoms. The molecule has 0 aromatic heterocycles. The van der Waals surface area contributed by atoms with Gasteiger partial charge in [-0.1, -0.05) is 53.4 Å². The van der Waals surface area contributed by atoms with Gasteiger partial charge in [0, 0.05) is 30.6 Å². The highest BCUT2D eigenvalue weighted by atomic mass is 17.2. The molecule has 190 valence electrons. The first-order valence-corrected chi connectivity index (χ1v) is 14.0. The number of esters is 1. The molecule has 0 N–H and O–H groups in total. The highest BCUT2D eigenvalue weighted by molar-refractivity contribution is 5.66. The zero-order valence-electron chi connectivity index (χ0n) is 22.5. The van der Waals surface area contributed by atoms with E-state index in [2.05, 4.69) is 53.4 Å². The molecule has 34 heavy (non-hydrogen) atoms. The molecular formula is C30H46O4. The number of rotatable bonds is 3. The van der Waals surface area contributed by atoms with Gasteiger partial charge in [0.05, 0.1) is 0 Å². The molecule has 2 heterocycles. The van der Waals surface area contributed by atoms with E-state index in [9.17, 15) is 4.79 Å². The molecule has 6 aliphatic rings. The summed E-state index contributed by atoms with van der Waals surface area (Å²) < 4.78 is 5.66. The maximum atomic E-state index is 11.6. The van der Waals surface area contributed by atoms with Crippen LogP contribution in [0, 0.1) is 58.2 Å². The van der Waals surface area contributed by atoms with Crippen molar-refractivity contribution in [3.05, 3.63) is 0 Å². The third kappa shape index (κ3) is 3.36. The van der Waals surface area contributed by atoms with Gasteiger partial charge in [-0.15, -0.1) is 0 Å². The Morgan fingerprint density at radius 3 is 2.32 bits per heavy atom. The topological polar surface area (TPSA) is 44.8 Å². The maximum Gasteiger partial charge on any atom is 0.302 e. The van der Waals surface area contributed by atoms with Gasteiger partial charge < -0.3 is 4.74 Å². The van der Waals surface area contributed by atoms with Crippen molar-refractivity contribution in [3.8, 4) is 11.8 Å². The smallest absolute Gasteiger partial charge is 0.302 e. The quantitative estimate of drug-likeness (QED) is 0.261. The van der Waals surface area contributed by atoms with Gasteiger partial charge in [-0.05, 0) is 80.5 Å². The minimum absolute atomic E-state index is 0.0443. The fraction of sp³-hybridized carbons (Fsp3) is 0.900. The lowest BCUT2D eigenvalue weighted by atomic mass is 9.40. The molecule has 0 unspecified atom stereocenters. The van der Waals surface area contributed by atoms with E-state index in [4.69, 9.17) is 14.5 Å². The van der Waals surface area contributed by atoms with E-state index in [1.165, 1.54) is 32.6 Å². The summed E-state index contributed by atoms with van der Waals surface area (Å²) in [6.45, 7) is 15.7. The number of fused-ring (bicyclic) bond motifs is 3. The lowest BCUT2D eigenvalue weighted by Gasteiger charge is -2.72. The number of hydrogen-bond acceptors (Lipinski definition) is 4. The van der Waals surface area contributed by atoms with E-state index < -0.39 is 0 Å². The molecule has 4 heteroatoms. The number of ether oxygens (including phenoxy) is 1. The predicted molar refractivity (Wildman–Crippen MR) is 132 cm³/mol. The van der Waals surface area contributed by atoms with Crippen LogP contribution in [0.5, 0.6) is 0 Å². The highest BCUT2D eigenvalue weighted by Crippen LogP contribution is 2.74. The number of carbonyl (C=O) groups is 1. The fourth-order valence-electron chi connectivity index (χ4n) is 9.42. The van der Waals surface area contributed by atoms with Crippen LogP contribution in [0.25, 0.3) is 0 Å². The van der Waals surface area contributed by atoms with Gasteiger partial charge in [0.25, 0.3) is 0 Å². The molecule has 4 nitrogen and oxygen atoms in total. The summed E-state index contributed by atoms with van der Waals surface area (Å²) in [6.07, 6.45) is 9.80. The minimum Gasteiger partial charge on any atom is -0.462 e. The van der Waals surface area contributed by atoms with Gasteiger partial charge >= 0.3 is 5.97 Å².